The zero-order valence-electron chi connectivity index (χ0n) is 14.2. The Labute approximate surface area is 155 Å². The van der Waals surface area contributed by atoms with E-state index in [-0.39, 0.29) is 12.4 Å². The summed E-state index contributed by atoms with van der Waals surface area (Å²) in [6, 6.07) is 11.2. The molecule has 0 bridgehead atoms. The van der Waals surface area contributed by atoms with E-state index in [0.717, 1.165) is 26.7 Å². The molecule has 1 aromatic heterocycles. The molecule has 0 saturated carbocycles. The van der Waals surface area contributed by atoms with Gasteiger partial charge in [0.25, 0.3) is 0 Å². The van der Waals surface area contributed by atoms with Crippen molar-refractivity contribution in [1.29, 1.82) is 0 Å². The van der Waals surface area contributed by atoms with Crippen LogP contribution in [-0.4, -0.2) is 26.7 Å². The van der Waals surface area contributed by atoms with Crippen LogP contribution in [0.25, 0.3) is 11.1 Å². The molecule has 0 atom stereocenters. The summed E-state index contributed by atoms with van der Waals surface area (Å²) in [7, 11) is -2.01. The van der Waals surface area contributed by atoms with Gasteiger partial charge in [0.2, 0.25) is 10.0 Å². The molecule has 0 saturated heterocycles. The molecule has 26 heavy (non-hydrogen) atoms. The van der Waals surface area contributed by atoms with E-state index >= 15 is 0 Å². The van der Waals surface area contributed by atoms with E-state index in [9.17, 15) is 12.8 Å². The molecule has 0 unspecified atom stereocenters. The fourth-order valence-electron chi connectivity index (χ4n) is 2.35. The molecule has 0 aliphatic carbocycles. The quantitative estimate of drug-likeness (QED) is 0.638. The second-order valence-electron chi connectivity index (χ2n) is 5.63. The third kappa shape index (κ3) is 4.20. The minimum atomic E-state index is -3.48. The van der Waals surface area contributed by atoms with Gasteiger partial charge >= 0.3 is 0 Å². The maximum Gasteiger partial charge on any atom is 0.232 e. The lowest BCUT2D eigenvalue weighted by Crippen LogP contribution is -2.25. The molecule has 5 nitrogen and oxygen atoms in total. The minimum absolute atomic E-state index is 0.248. The lowest BCUT2D eigenvalue weighted by Gasteiger charge is -2.21. The number of anilines is 1. The van der Waals surface area contributed by atoms with Crippen LogP contribution in [0.3, 0.4) is 0 Å². The zero-order chi connectivity index (χ0) is 18.7. The highest BCUT2D eigenvalue weighted by Crippen LogP contribution is 2.34. The zero-order valence-corrected chi connectivity index (χ0v) is 15.8. The molecule has 3 aromatic rings. The van der Waals surface area contributed by atoms with Gasteiger partial charge in [0, 0.05) is 18.6 Å². The van der Waals surface area contributed by atoms with Gasteiger partial charge in [0.15, 0.2) is 0 Å². The number of halogens is 1. The van der Waals surface area contributed by atoms with Crippen LogP contribution in [0.2, 0.25) is 0 Å². The summed E-state index contributed by atoms with van der Waals surface area (Å²) in [5, 5.41) is 2.64. The second kappa shape index (κ2) is 7.43. The SMILES string of the molecule is CN(c1cc(-c2ccc(F)cc2)ccc1OCc1nccs1)S(C)(=O)=O. The Bertz CT molecular complexity index is 988. The van der Waals surface area contributed by atoms with Gasteiger partial charge in [-0.2, -0.15) is 0 Å². The topological polar surface area (TPSA) is 59.5 Å². The van der Waals surface area contributed by atoms with Gasteiger partial charge in [-0.15, -0.1) is 11.3 Å². The molecular formula is C18H17FN2O3S2. The molecule has 2 aromatic carbocycles. The number of nitrogens with zero attached hydrogens (tertiary/aromatic N) is 2. The fourth-order valence-corrected chi connectivity index (χ4v) is 3.38. The first-order valence-electron chi connectivity index (χ1n) is 7.69. The number of thiazole rings is 1. The Balaban J connectivity index is 1.98. The van der Waals surface area contributed by atoms with E-state index in [4.69, 9.17) is 4.74 Å². The van der Waals surface area contributed by atoms with Gasteiger partial charge in [-0.05, 0) is 35.4 Å². The number of ether oxygens (including phenoxy) is 1. The van der Waals surface area contributed by atoms with E-state index in [0.29, 0.717) is 11.4 Å². The number of benzene rings is 2. The van der Waals surface area contributed by atoms with Gasteiger partial charge in [-0.25, -0.2) is 17.8 Å². The lowest BCUT2D eigenvalue weighted by atomic mass is 10.0. The molecular weight excluding hydrogens is 375 g/mol. The van der Waals surface area contributed by atoms with Gasteiger partial charge in [-0.1, -0.05) is 18.2 Å². The van der Waals surface area contributed by atoms with Crippen LogP contribution in [0.1, 0.15) is 5.01 Å². The number of rotatable bonds is 6. The van der Waals surface area contributed by atoms with Crippen molar-refractivity contribution in [1.82, 2.24) is 4.98 Å². The Morgan fingerprint density at radius 2 is 1.85 bits per heavy atom. The molecule has 0 radical (unpaired) electrons. The minimum Gasteiger partial charge on any atom is -0.484 e. The highest BCUT2D eigenvalue weighted by atomic mass is 32.2. The Morgan fingerprint density at radius 1 is 1.15 bits per heavy atom. The van der Waals surface area contributed by atoms with Crippen LogP contribution in [0.5, 0.6) is 5.75 Å². The summed E-state index contributed by atoms with van der Waals surface area (Å²) in [6.07, 6.45) is 2.81. The van der Waals surface area contributed by atoms with Crippen molar-refractivity contribution < 1.29 is 17.5 Å². The second-order valence-corrected chi connectivity index (χ2v) is 8.63. The maximum atomic E-state index is 13.2. The van der Waals surface area contributed by atoms with Crippen LogP contribution in [-0.2, 0) is 16.6 Å². The van der Waals surface area contributed by atoms with Crippen molar-refractivity contribution in [3.05, 3.63) is 64.9 Å². The molecule has 136 valence electrons. The highest BCUT2D eigenvalue weighted by Gasteiger charge is 2.18. The van der Waals surface area contributed by atoms with E-state index < -0.39 is 10.0 Å². The van der Waals surface area contributed by atoms with Crippen LogP contribution in [0.15, 0.2) is 54.0 Å². The largest absolute Gasteiger partial charge is 0.484 e. The molecule has 0 N–H and O–H groups in total. The third-order valence-corrected chi connectivity index (χ3v) is 5.75. The van der Waals surface area contributed by atoms with Crippen molar-refractivity contribution in [3.8, 4) is 16.9 Å². The number of hydrogen-bond acceptors (Lipinski definition) is 5. The smallest absolute Gasteiger partial charge is 0.232 e. The summed E-state index contributed by atoms with van der Waals surface area (Å²) < 4.78 is 44.1. The first-order chi connectivity index (χ1) is 12.3. The monoisotopic (exact) mass is 392 g/mol. The van der Waals surface area contributed by atoms with E-state index in [2.05, 4.69) is 4.98 Å². The average molecular weight is 392 g/mol. The molecule has 8 heteroatoms. The predicted octanol–water partition coefficient (Wildman–Crippen LogP) is 3.92. The summed E-state index contributed by atoms with van der Waals surface area (Å²) in [5.41, 5.74) is 1.95. The molecule has 0 amide bonds. The Morgan fingerprint density at radius 3 is 2.46 bits per heavy atom. The first-order valence-corrected chi connectivity index (χ1v) is 10.4. The van der Waals surface area contributed by atoms with Gasteiger partial charge in [-0.3, -0.25) is 4.31 Å². The van der Waals surface area contributed by atoms with Crippen LogP contribution < -0.4 is 9.04 Å². The van der Waals surface area contributed by atoms with Gasteiger partial charge in [0.05, 0.1) is 11.9 Å². The van der Waals surface area contributed by atoms with Crippen molar-refractivity contribution in [2.24, 2.45) is 0 Å². The van der Waals surface area contributed by atoms with Crippen molar-refractivity contribution >= 4 is 27.0 Å². The fraction of sp³-hybridized carbons (Fsp3) is 0.167. The molecule has 0 aliphatic heterocycles. The summed E-state index contributed by atoms with van der Waals surface area (Å²) in [6.45, 7) is 0.248. The molecule has 3 rings (SSSR count). The van der Waals surface area contributed by atoms with Crippen molar-refractivity contribution in [3.63, 3.8) is 0 Å². The van der Waals surface area contributed by atoms with Gasteiger partial charge in [0.1, 0.15) is 23.2 Å². The van der Waals surface area contributed by atoms with Crippen LogP contribution in [0, 0.1) is 5.82 Å². The molecule has 0 spiro atoms. The summed E-state index contributed by atoms with van der Waals surface area (Å²) in [4.78, 5) is 4.15. The number of aromatic nitrogens is 1. The molecule has 1 heterocycles. The Hall–Kier alpha value is -2.45. The van der Waals surface area contributed by atoms with E-state index in [1.165, 1.54) is 30.5 Å². The Kier molecular flexibility index (Phi) is 5.24. The lowest BCUT2D eigenvalue weighted by molar-refractivity contribution is 0.306. The average Bonchev–Trinajstić information content (AvgIpc) is 3.12. The van der Waals surface area contributed by atoms with Crippen molar-refractivity contribution in [2.75, 3.05) is 17.6 Å². The standard InChI is InChI=1S/C18H17FN2O3S2/c1-21(26(2,22)23)16-11-14(13-3-6-15(19)7-4-13)5-8-17(16)24-12-18-20-9-10-25-18/h3-11H,12H2,1-2H3. The first kappa shape index (κ1) is 18.3. The maximum absolute atomic E-state index is 13.2. The molecule has 0 aliphatic rings. The summed E-state index contributed by atoms with van der Waals surface area (Å²) >= 11 is 1.46. The normalized spacial score (nSPS) is 11.3. The van der Waals surface area contributed by atoms with E-state index in [1.807, 2.05) is 11.4 Å². The number of hydrogen-bond donors (Lipinski definition) is 0. The number of sulfonamides is 1. The highest BCUT2D eigenvalue weighted by molar-refractivity contribution is 7.92. The van der Waals surface area contributed by atoms with Crippen LogP contribution in [0.4, 0.5) is 10.1 Å². The third-order valence-electron chi connectivity index (χ3n) is 3.81. The van der Waals surface area contributed by atoms with Crippen LogP contribution >= 0.6 is 11.3 Å². The summed E-state index contributed by atoms with van der Waals surface area (Å²) in [5.74, 6) is 0.101. The van der Waals surface area contributed by atoms with E-state index in [1.54, 1.807) is 30.5 Å². The van der Waals surface area contributed by atoms with Crippen molar-refractivity contribution in [2.45, 2.75) is 6.61 Å². The molecule has 0 fully saturated rings. The van der Waals surface area contributed by atoms with Gasteiger partial charge < -0.3 is 4.74 Å². The predicted molar refractivity (Wildman–Crippen MR) is 102 cm³/mol.